The van der Waals surface area contributed by atoms with Crippen LogP contribution in [0.2, 0.25) is 0 Å². The summed E-state index contributed by atoms with van der Waals surface area (Å²) in [5.41, 5.74) is 0.590. The number of piperidine rings is 1. The monoisotopic (exact) mass is 301 g/mol. The molecule has 5 nitrogen and oxygen atoms in total. The molecule has 0 aromatic heterocycles. The van der Waals surface area contributed by atoms with Gasteiger partial charge in [-0.15, -0.1) is 0 Å². The Labute approximate surface area is 128 Å². The average molecular weight is 301 g/mol. The largest absolute Gasteiger partial charge is 0.493 e. The Morgan fingerprint density at radius 2 is 2.27 bits per heavy atom. The summed E-state index contributed by atoms with van der Waals surface area (Å²) in [4.78, 5) is 12.6. The Morgan fingerprint density at radius 1 is 1.45 bits per heavy atom. The minimum absolute atomic E-state index is 0.0743. The number of hydrogen-bond acceptors (Lipinski definition) is 5. The lowest BCUT2D eigenvalue weighted by Gasteiger charge is -2.54. The zero-order valence-electron chi connectivity index (χ0n) is 12.7. The predicted molar refractivity (Wildman–Crippen MR) is 78.2 cm³/mol. The molecule has 2 aliphatic heterocycles. The lowest BCUT2D eigenvalue weighted by molar-refractivity contribution is -0.163. The van der Waals surface area contributed by atoms with Crippen LogP contribution in [-0.4, -0.2) is 35.7 Å². The van der Waals surface area contributed by atoms with E-state index in [4.69, 9.17) is 9.47 Å². The fourth-order valence-corrected chi connectivity index (χ4v) is 5.42. The first-order valence-electron chi connectivity index (χ1n) is 7.92. The number of hydrogen-bond donors (Lipinski definition) is 2. The lowest BCUT2D eigenvalue weighted by atomic mass is 9.55. The Kier molecular flexibility index (Phi) is 2.15. The van der Waals surface area contributed by atoms with Crippen LogP contribution in [-0.2, 0) is 10.2 Å². The molecule has 2 fully saturated rings. The number of ketones is 1. The van der Waals surface area contributed by atoms with E-state index in [1.165, 1.54) is 0 Å². The first kappa shape index (κ1) is 12.9. The molecule has 2 N–H and O–H groups in total. The second-order valence-corrected chi connectivity index (χ2v) is 7.07. The highest BCUT2D eigenvalue weighted by molar-refractivity contribution is 5.90. The number of fused-ring (bicyclic) bond motifs is 2. The van der Waals surface area contributed by atoms with Crippen LogP contribution in [0.1, 0.15) is 43.4 Å². The van der Waals surface area contributed by atoms with E-state index in [9.17, 15) is 9.90 Å². The molecule has 4 aliphatic rings. The van der Waals surface area contributed by atoms with Crippen molar-refractivity contribution in [2.75, 3.05) is 7.11 Å². The van der Waals surface area contributed by atoms with Gasteiger partial charge < -0.3 is 19.9 Å². The summed E-state index contributed by atoms with van der Waals surface area (Å²) in [6, 6.07) is 4.05. The Bertz CT molecular complexity index is 717. The van der Waals surface area contributed by atoms with Crippen molar-refractivity contribution in [3.8, 4) is 11.5 Å². The van der Waals surface area contributed by atoms with Crippen LogP contribution in [0.15, 0.2) is 12.1 Å². The Balaban J connectivity index is 1.87. The summed E-state index contributed by atoms with van der Waals surface area (Å²) >= 11 is 0. The van der Waals surface area contributed by atoms with Gasteiger partial charge >= 0.3 is 0 Å². The zero-order valence-corrected chi connectivity index (χ0v) is 12.7. The number of rotatable bonds is 1. The maximum absolute atomic E-state index is 12.6. The van der Waals surface area contributed by atoms with Gasteiger partial charge in [-0.3, -0.25) is 4.79 Å². The molecule has 1 saturated carbocycles. The second kappa shape index (κ2) is 3.66. The quantitative estimate of drug-likeness (QED) is 0.816. The normalized spacial score (nSPS) is 43.8. The molecule has 116 valence electrons. The van der Waals surface area contributed by atoms with Crippen molar-refractivity contribution in [3.05, 3.63) is 23.3 Å². The molecule has 0 amide bonds. The van der Waals surface area contributed by atoms with Crippen molar-refractivity contribution in [2.45, 2.75) is 55.4 Å². The summed E-state index contributed by atoms with van der Waals surface area (Å²) in [6.45, 7) is 2.02. The molecule has 22 heavy (non-hydrogen) atoms. The molecule has 2 aliphatic carbocycles. The van der Waals surface area contributed by atoms with Crippen molar-refractivity contribution in [3.63, 3.8) is 0 Å². The molecular formula is C17H19NO4. The van der Waals surface area contributed by atoms with E-state index in [0.717, 1.165) is 17.5 Å². The zero-order chi connectivity index (χ0) is 15.3. The third-order valence-corrected chi connectivity index (χ3v) is 6.39. The summed E-state index contributed by atoms with van der Waals surface area (Å²) in [7, 11) is 1.61. The number of carbonyl (C=O) groups is 1. The molecule has 1 aromatic rings. The summed E-state index contributed by atoms with van der Waals surface area (Å²) in [6.07, 6.45) is 0.999. The van der Waals surface area contributed by atoms with Gasteiger partial charge in [-0.25, -0.2) is 0 Å². The molecule has 5 atom stereocenters. The Morgan fingerprint density at radius 3 is 3.05 bits per heavy atom. The third-order valence-electron chi connectivity index (χ3n) is 6.39. The third kappa shape index (κ3) is 1.09. The fraction of sp³-hybridized carbons (Fsp3) is 0.588. The van der Waals surface area contributed by atoms with Crippen molar-refractivity contribution in [1.29, 1.82) is 0 Å². The smallest absolute Gasteiger partial charge is 0.174 e. The number of ether oxygens (including phenoxy) is 2. The molecule has 5 rings (SSSR count). The topological polar surface area (TPSA) is 67.8 Å². The summed E-state index contributed by atoms with van der Waals surface area (Å²) in [5.74, 6) is 1.42. The van der Waals surface area contributed by atoms with E-state index >= 15 is 0 Å². The van der Waals surface area contributed by atoms with Gasteiger partial charge in [0, 0.05) is 24.1 Å². The predicted octanol–water partition coefficient (Wildman–Crippen LogP) is 1.22. The highest BCUT2D eigenvalue weighted by atomic mass is 16.5. The van der Waals surface area contributed by atoms with Gasteiger partial charge in [0.25, 0.3) is 0 Å². The van der Waals surface area contributed by atoms with E-state index in [-0.39, 0.29) is 17.9 Å². The fourth-order valence-electron chi connectivity index (χ4n) is 5.42. The second-order valence-electron chi connectivity index (χ2n) is 7.07. The Hall–Kier alpha value is -1.59. The van der Waals surface area contributed by atoms with Gasteiger partial charge in [-0.2, -0.15) is 0 Å². The standard InChI is InChI=1S/C17H19NO4/c1-8-17(20)6-5-11(19)15-16(17)7-10(18-8)9-3-4-12(21-2)14(22-15)13(9)16/h3-4,8,10,15,18,20H,5-7H2,1-2H3. The number of methoxy groups -OCH3 is 1. The van der Waals surface area contributed by atoms with Gasteiger partial charge in [-0.1, -0.05) is 6.07 Å². The minimum Gasteiger partial charge on any atom is -0.493 e. The highest BCUT2D eigenvalue weighted by Gasteiger charge is 2.73. The molecule has 5 unspecified atom stereocenters. The average Bonchev–Trinajstić information content (AvgIpc) is 3.00. The van der Waals surface area contributed by atoms with E-state index in [1.807, 2.05) is 19.1 Å². The molecule has 1 spiro atoms. The summed E-state index contributed by atoms with van der Waals surface area (Å²) in [5, 5.41) is 15.1. The first-order valence-corrected chi connectivity index (χ1v) is 7.92. The van der Waals surface area contributed by atoms with Crippen molar-refractivity contribution >= 4 is 5.78 Å². The van der Waals surface area contributed by atoms with Crippen molar-refractivity contribution < 1.29 is 19.4 Å². The van der Waals surface area contributed by atoms with Gasteiger partial charge in [0.15, 0.2) is 23.4 Å². The first-order chi connectivity index (χ1) is 10.5. The molecule has 1 aromatic carbocycles. The van der Waals surface area contributed by atoms with E-state index in [0.29, 0.717) is 24.3 Å². The molecule has 2 bridgehead atoms. The lowest BCUT2D eigenvalue weighted by Crippen LogP contribution is -2.71. The molecule has 1 saturated heterocycles. The summed E-state index contributed by atoms with van der Waals surface area (Å²) < 4.78 is 11.5. The van der Waals surface area contributed by atoms with Crippen LogP contribution in [0.25, 0.3) is 0 Å². The van der Waals surface area contributed by atoms with Crippen molar-refractivity contribution in [1.82, 2.24) is 5.32 Å². The van der Waals surface area contributed by atoms with Gasteiger partial charge in [-0.05, 0) is 31.4 Å². The number of aliphatic hydroxyl groups is 1. The molecule has 0 radical (unpaired) electrons. The van der Waals surface area contributed by atoms with Gasteiger partial charge in [0.05, 0.1) is 18.1 Å². The van der Waals surface area contributed by atoms with E-state index in [1.54, 1.807) is 7.11 Å². The van der Waals surface area contributed by atoms with Crippen LogP contribution in [0.4, 0.5) is 0 Å². The number of benzene rings is 1. The van der Waals surface area contributed by atoms with Crippen LogP contribution in [0.5, 0.6) is 11.5 Å². The number of nitrogens with one attached hydrogen (secondary N) is 1. The molecule has 2 heterocycles. The minimum atomic E-state index is -0.953. The maximum atomic E-state index is 12.6. The number of Topliss-reactive ketones (excluding diaryl/α,β-unsaturated/α-hetero) is 1. The molecule has 5 heteroatoms. The van der Waals surface area contributed by atoms with Gasteiger partial charge in [0.2, 0.25) is 0 Å². The van der Waals surface area contributed by atoms with E-state index < -0.39 is 17.1 Å². The van der Waals surface area contributed by atoms with Crippen LogP contribution < -0.4 is 14.8 Å². The van der Waals surface area contributed by atoms with Crippen LogP contribution >= 0.6 is 0 Å². The van der Waals surface area contributed by atoms with E-state index in [2.05, 4.69) is 5.32 Å². The van der Waals surface area contributed by atoms with Crippen LogP contribution in [0.3, 0.4) is 0 Å². The molecular weight excluding hydrogens is 282 g/mol. The number of carbonyl (C=O) groups excluding carboxylic acids is 1. The highest BCUT2D eigenvalue weighted by Crippen LogP contribution is 2.67. The SMILES string of the molecule is COc1ccc2c3c1OC1C(=O)CCC4(O)C(C)NC2CC314. The maximum Gasteiger partial charge on any atom is 0.174 e. The van der Waals surface area contributed by atoms with Crippen molar-refractivity contribution in [2.24, 2.45) is 0 Å². The van der Waals surface area contributed by atoms with Gasteiger partial charge in [0.1, 0.15) is 0 Å². The van der Waals surface area contributed by atoms with Crippen LogP contribution in [0, 0.1) is 0 Å².